The number of aliphatic hydroxyl groups is 1. The van der Waals surface area contributed by atoms with Crippen LogP contribution in [0, 0.1) is 12.7 Å². The fourth-order valence-electron chi connectivity index (χ4n) is 0.922. The summed E-state index contributed by atoms with van der Waals surface area (Å²) in [6, 6.07) is 3.84. The van der Waals surface area contributed by atoms with E-state index < -0.39 is 17.9 Å². The van der Waals surface area contributed by atoms with E-state index in [9.17, 15) is 9.18 Å². The number of halogens is 1. The Morgan fingerprint density at radius 3 is 2.62 bits per heavy atom. The van der Waals surface area contributed by atoms with Gasteiger partial charge >= 0.3 is 5.97 Å². The molecule has 0 fully saturated rings. The highest BCUT2D eigenvalue weighted by molar-refractivity contribution is 5.73. The zero-order chi connectivity index (χ0) is 10.0. The van der Waals surface area contributed by atoms with E-state index in [4.69, 9.17) is 10.2 Å². The molecule has 0 bridgehead atoms. The summed E-state index contributed by atoms with van der Waals surface area (Å²) in [5.41, 5.74) is 0.469. The Hall–Kier alpha value is -1.42. The van der Waals surface area contributed by atoms with Gasteiger partial charge in [0, 0.05) is 0 Å². The molecule has 13 heavy (non-hydrogen) atoms. The SMILES string of the molecule is Cc1ccc([C@H](O)C(=O)O)cc1F. The molecule has 1 aromatic rings. The minimum atomic E-state index is -1.66. The van der Waals surface area contributed by atoms with Crippen molar-refractivity contribution in [2.75, 3.05) is 0 Å². The minimum Gasteiger partial charge on any atom is -0.479 e. The third-order valence-electron chi connectivity index (χ3n) is 1.75. The minimum absolute atomic E-state index is 0.0515. The Morgan fingerprint density at radius 2 is 2.15 bits per heavy atom. The third kappa shape index (κ3) is 2.03. The number of aliphatic hydroxyl groups excluding tert-OH is 1. The lowest BCUT2D eigenvalue weighted by atomic mass is 10.1. The number of hydrogen-bond donors (Lipinski definition) is 2. The normalized spacial score (nSPS) is 12.5. The van der Waals surface area contributed by atoms with Crippen molar-refractivity contribution in [2.24, 2.45) is 0 Å². The molecule has 0 unspecified atom stereocenters. The maximum absolute atomic E-state index is 12.9. The number of hydrogen-bond acceptors (Lipinski definition) is 2. The van der Waals surface area contributed by atoms with Crippen molar-refractivity contribution in [3.63, 3.8) is 0 Å². The molecule has 0 aliphatic rings. The molecule has 0 saturated heterocycles. The quantitative estimate of drug-likeness (QED) is 0.727. The van der Waals surface area contributed by atoms with Crippen LogP contribution in [0.3, 0.4) is 0 Å². The molecule has 0 spiro atoms. The van der Waals surface area contributed by atoms with Gasteiger partial charge in [0.25, 0.3) is 0 Å². The number of aliphatic carboxylic acids is 1. The van der Waals surface area contributed by atoms with Gasteiger partial charge in [-0.05, 0) is 24.1 Å². The van der Waals surface area contributed by atoms with Crippen molar-refractivity contribution in [3.8, 4) is 0 Å². The van der Waals surface area contributed by atoms with Gasteiger partial charge in [0.1, 0.15) is 5.82 Å². The molecular weight excluding hydrogens is 175 g/mol. The molecule has 1 atom stereocenters. The Morgan fingerprint density at radius 1 is 1.54 bits per heavy atom. The van der Waals surface area contributed by atoms with Crippen LogP contribution >= 0.6 is 0 Å². The maximum atomic E-state index is 12.9. The van der Waals surface area contributed by atoms with Crippen LogP contribution in [0.2, 0.25) is 0 Å². The summed E-state index contributed by atoms with van der Waals surface area (Å²) in [7, 11) is 0. The first kappa shape index (κ1) is 9.67. The number of benzene rings is 1. The fraction of sp³-hybridized carbons (Fsp3) is 0.222. The zero-order valence-corrected chi connectivity index (χ0v) is 6.99. The lowest BCUT2D eigenvalue weighted by Gasteiger charge is -2.06. The van der Waals surface area contributed by atoms with E-state index in [1.54, 1.807) is 6.92 Å². The number of aryl methyl sites for hydroxylation is 1. The zero-order valence-electron chi connectivity index (χ0n) is 6.99. The highest BCUT2D eigenvalue weighted by atomic mass is 19.1. The van der Waals surface area contributed by atoms with Crippen LogP contribution in [0.25, 0.3) is 0 Å². The summed E-state index contributed by atoms with van der Waals surface area (Å²) in [5.74, 6) is -1.90. The van der Waals surface area contributed by atoms with E-state index in [2.05, 4.69) is 0 Å². The van der Waals surface area contributed by atoms with Crippen molar-refractivity contribution in [1.29, 1.82) is 0 Å². The van der Waals surface area contributed by atoms with Gasteiger partial charge in [-0.3, -0.25) is 0 Å². The van der Waals surface area contributed by atoms with Gasteiger partial charge in [-0.2, -0.15) is 0 Å². The van der Waals surface area contributed by atoms with Crippen molar-refractivity contribution in [1.82, 2.24) is 0 Å². The Balaban J connectivity index is 3.03. The number of rotatable bonds is 2. The molecule has 1 rings (SSSR count). The van der Waals surface area contributed by atoms with E-state index in [1.165, 1.54) is 12.1 Å². The second kappa shape index (κ2) is 3.53. The maximum Gasteiger partial charge on any atom is 0.337 e. The smallest absolute Gasteiger partial charge is 0.337 e. The lowest BCUT2D eigenvalue weighted by molar-refractivity contribution is -0.146. The van der Waals surface area contributed by atoms with Gasteiger partial charge in [0.2, 0.25) is 0 Å². The van der Waals surface area contributed by atoms with E-state index in [-0.39, 0.29) is 5.56 Å². The topological polar surface area (TPSA) is 57.5 Å². The van der Waals surface area contributed by atoms with Gasteiger partial charge in [0.05, 0.1) is 0 Å². The van der Waals surface area contributed by atoms with Crippen LogP contribution < -0.4 is 0 Å². The van der Waals surface area contributed by atoms with E-state index in [0.717, 1.165) is 6.07 Å². The van der Waals surface area contributed by atoms with Crippen molar-refractivity contribution < 1.29 is 19.4 Å². The van der Waals surface area contributed by atoms with Crippen LogP contribution in [0.1, 0.15) is 17.2 Å². The third-order valence-corrected chi connectivity index (χ3v) is 1.75. The summed E-state index contributed by atoms with van der Waals surface area (Å²) >= 11 is 0. The van der Waals surface area contributed by atoms with Gasteiger partial charge in [-0.25, -0.2) is 9.18 Å². The molecule has 2 N–H and O–H groups in total. The summed E-state index contributed by atoms with van der Waals surface area (Å²) < 4.78 is 12.9. The standard InChI is InChI=1S/C9H9FO3/c1-5-2-3-6(4-7(5)10)8(11)9(12)13/h2-4,8,11H,1H3,(H,12,13)/t8-/m0/s1. The Labute approximate surface area is 74.4 Å². The van der Waals surface area contributed by atoms with Gasteiger partial charge < -0.3 is 10.2 Å². The predicted molar refractivity (Wildman–Crippen MR) is 43.7 cm³/mol. The average molecular weight is 184 g/mol. The molecule has 0 aromatic heterocycles. The highest BCUT2D eigenvalue weighted by Crippen LogP contribution is 2.16. The first-order valence-electron chi connectivity index (χ1n) is 3.69. The Kier molecular flexibility index (Phi) is 2.63. The van der Waals surface area contributed by atoms with E-state index in [1.807, 2.05) is 0 Å². The first-order chi connectivity index (χ1) is 6.02. The van der Waals surface area contributed by atoms with Gasteiger partial charge in [0.15, 0.2) is 6.10 Å². The molecule has 0 heterocycles. The average Bonchev–Trinajstić information content (AvgIpc) is 2.08. The molecule has 0 radical (unpaired) electrons. The summed E-state index contributed by atoms with van der Waals surface area (Å²) in [6.07, 6.45) is -1.66. The van der Waals surface area contributed by atoms with Crippen LogP contribution in [-0.4, -0.2) is 16.2 Å². The molecule has 4 heteroatoms. The molecule has 0 amide bonds. The molecule has 0 aliphatic carbocycles. The molecule has 1 aromatic carbocycles. The van der Waals surface area contributed by atoms with Crippen molar-refractivity contribution in [2.45, 2.75) is 13.0 Å². The van der Waals surface area contributed by atoms with Crippen LogP contribution in [0.5, 0.6) is 0 Å². The van der Waals surface area contributed by atoms with Crippen LogP contribution in [0.15, 0.2) is 18.2 Å². The molecule has 70 valence electrons. The van der Waals surface area contributed by atoms with E-state index >= 15 is 0 Å². The Bertz CT molecular complexity index is 336. The number of carbonyl (C=O) groups is 1. The lowest BCUT2D eigenvalue weighted by Crippen LogP contribution is -2.10. The highest BCUT2D eigenvalue weighted by Gasteiger charge is 2.16. The second-order valence-electron chi connectivity index (χ2n) is 2.75. The predicted octanol–water partition coefficient (Wildman–Crippen LogP) is 1.25. The molecule has 3 nitrogen and oxygen atoms in total. The van der Waals surface area contributed by atoms with E-state index in [0.29, 0.717) is 5.56 Å². The van der Waals surface area contributed by atoms with Crippen LogP contribution in [0.4, 0.5) is 4.39 Å². The first-order valence-corrected chi connectivity index (χ1v) is 3.69. The monoisotopic (exact) mass is 184 g/mol. The van der Waals surface area contributed by atoms with Crippen LogP contribution in [-0.2, 0) is 4.79 Å². The largest absolute Gasteiger partial charge is 0.479 e. The fourth-order valence-corrected chi connectivity index (χ4v) is 0.922. The van der Waals surface area contributed by atoms with Gasteiger partial charge in [-0.15, -0.1) is 0 Å². The molecule has 0 saturated carbocycles. The van der Waals surface area contributed by atoms with Crippen molar-refractivity contribution in [3.05, 3.63) is 35.1 Å². The van der Waals surface area contributed by atoms with Crippen molar-refractivity contribution >= 4 is 5.97 Å². The van der Waals surface area contributed by atoms with Gasteiger partial charge in [-0.1, -0.05) is 12.1 Å². The second-order valence-corrected chi connectivity index (χ2v) is 2.75. The molecular formula is C9H9FO3. The summed E-state index contributed by atoms with van der Waals surface area (Å²) in [4.78, 5) is 10.3. The summed E-state index contributed by atoms with van der Waals surface area (Å²) in [5, 5.41) is 17.5. The summed E-state index contributed by atoms with van der Waals surface area (Å²) in [6.45, 7) is 1.56. The number of carboxylic acid groups (broad SMARTS) is 1. The number of carboxylic acids is 1. The molecule has 0 aliphatic heterocycles.